The molecular formula is C15H23N3. The third kappa shape index (κ3) is 2.14. The van der Waals surface area contributed by atoms with Gasteiger partial charge in [-0.3, -0.25) is 0 Å². The van der Waals surface area contributed by atoms with Gasteiger partial charge in [-0.1, -0.05) is 41.5 Å². The molecule has 0 spiro atoms. The van der Waals surface area contributed by atoms with E-state index in [4.69, 9.17) is 5.10 Å². The van der Waals surface area contributed by atoms with E-state index in [0.717, 1.165) is 11.3 Å². The first-order valence-electron chi connectivity index (χ1n) is 6.80. The highest BCUT2D eigenvalue weighted by molar-refractivity contribution is 5.52. The predicted molar refractivity (Wildman–Crippen MR) is 75.3 cm³/mol. The van der Waals surface area contributed by atoms with Gasteiger partial charge in [0.1, 0.15) is 0 Å². The summed E-state index contributed by atoms with van der Waals surface area (Å²) >= 11 is 0. The Labute approximate surface area is 109 Å². The number of hydrogen-bond acceptors (Lipinski definition) is 2. The number of fused-ring (bicyclic) bond motifs is 1. The Morgan fingerprint density at radius 1 is 0.944 bits per heavy atom. The lowest BCUT2D eigenvalue weighted by Gasteiger charge is -2.08. The maximum Gasteiger partial charge on any atom is 0.157 e. The third-order valence-corrected chi connectivity index (χ3v) is 3.35. The zero-order valence-electron chi connectivity index (χ0n) is 12.2. The molecule has 3 heteroatoms. The molecule has 2 heterocycles. The molecule has 0 unspecified atom stereocenters. The monoisotopic (exact) mass is 245 g/mol. The lowest BCUT2D eigenvalue weighted by Crippen LogP contribution is -2.05. The summed E-state index contributed by atoms with van der Waals surface area (Å²) in [5.74, 6) is 1.35. The highest BCUT2D eigenvalue weighted by Crippen LogP contribution is 2.27. The van der Waals surface area contributed by atoms with E-state index in [-0.39, 0.29) is 0 Å². The minimum atomic E-state index is 0.409. The molecule has 0 saturated heterocycles. The van der Waals surface area contributed by atoms with E-state index in [9.17, 15) is 0 Å². The van der Waals surface area contributed by atoms with Crippen LogP contribution in [-0.4, -0.2) is 14.6 Å². The Kier molecular flexibility index (Phi) is 3.42. The molecule has 0 saturated carbocycles. The lowest BCUT2D eigenvalue weighted by molar-refractivity contribution is 0.701. The van der Waals surface area contributed by atoms with Gasteiger partial charge in [-0.2, -0.15) is 5.10 Å². The summed E-state index contributed by atoms with van der Waals surface area (Å²) in [6, 6.07) is 2.26. The van der Waals surface area contributed by atoms with Crippen LogP contribution in [0.1, 0.15) is 76.2 Å². The van der Waals surface area contributed by atoms with Gasteiger partial charge in [0, 0.05) is 11.3 Å². The first-order valence-corrected chi connectivity index (χ1v) is 6.80. The van der Waals surface area contributed by atoms with Gasteiger partial charge in [-0.15, -0.1) is 0 Å². The van der Waals surface area contributed by atoms with Crippen molar-refractivity contribution in [3.8, 4) is 0 Å². The van der Waals surface area contributed by atoms with Crippen molar-refractivity contribution in [1.82, 2.24) is 14.6 Å². The van der Waals surface area contributed by atoms with Crippen LogP contribution in [-0.2, 0) is 0 Å². The van der Waals surface area contributed by atoms with Crippen LogP contribution in [0.2, 0.25) is 0 Å². The number of hydrogen-bond donors (Lipinski definition) is 0. The largest absolute Gasteiger partial charge is 0.235 e. The highest BCUT2D eigenvalue weighted by atomic mass is 15.3. The summed E-state index contributed by atoms with van der Waals surface area (Å²) in [4.78, 5) is 4.63. The van der Waals surface area contributed by atoms with Gasteiger partial charge in [-0.05, 0) is 23.8 Å². The minimum absolute atomic E-state index is 0.409. The maximum atomic E-state index is 4.75. The topological polar surface area (TPSA) is 30.2 Å². The molecule has 0 N–H and O–H groups in total. The Morgan fingerprint density at radius 2 is 1.61 bits per heavy atom. The fourth-order valence-electron chi connectivity index (χ4n) is 2.13. The average molecular weight is 245 g/mol. The van der Waals surface area contributed by atoms with Gasteiger partial charge in [0.2, 0.25) is 0 Å². The minimum Gasteiger partial charge on any atom is -0.235 e. The SMILES string of the molecule is CC(C)c1cnc2c(C(C)C)cc(C(C)C)n2n1. The number of nitrogens with zero attached hydrogens (tertiary/aromatic N) is 3. The molecule has 98 valence electrons. The second kappa shape index (κ2) is 4.71. The van der Waals surface area contributed by atoms with E-state index in [2.05, 4.69) is 52.6 Å². The van der Waals surface area contributed by atoms with Crippen LogP contribution < -0.4 is 0 Å². The van der Waals surface area contributed by atoms with Crippen molar-refractivity contribution in [1.29, 1.82) is 0 Å². The molecule has 0 radical (unpaired) electrons. The summed E-state index contributed by atoms with van der Waals surface area (Å²) in [5.41, 5.74) is 4.61. The van der Waals surface area contributed by atoms with Gasteiger partial charge in [0.05, 0.1) is 11.9 Å². The van der Waals surface area contributed by atoms with Gasteiger partial charge in [0.15, 0.2) is 5.65 Å². The van der Waals surface area contributed by atoms with E-state index in [1.54, 1.807) is 0 Å². The van der Waals surface area contributed by atoms with E-state index in [1.165, 1.54) is 11.3 Å². The summed E-state index contributed by atoms with van der Waals surface area (Å²) in [7, 11) is 0. The Hall–Kier alpha value is -1.38. The molecule has 0 fully saturated rings. The molecule has 3 nitrogen and oxygen atoms in total. The van der Waals surface area contributed by atoms with Crippen molar-refractivity contribution in [2.24, 2.45) is 0 Å². The van der Waals surface area contributed by atoms with Crippen LogP contribution in [0.25, 0.3) is 5.65 Å². The zero-order chi connectivity index (χ0) is 13.4. The molecule has 18 heavy (non-hydrogen) atoms. The molecule has 2 aromatic heterocycles. The van der Waals surface area contributed by atoms with Gasteiger partial charge >= 0.3 is 0 Å². The molecule has 0 aliphatic rings. The normalized spacial score (nSPS) is 12.3. The fraction of sp³-hybridized carbons (Fsp3) is 0.600. The van der Waals surface area contributed by atoms with Crippen LogP contribution in [0.5, 0.6) is 0 Å². The molecule has 0 bridgehead atoms. The lowest BCUT2D eigenvalue weighted by atomic mass is 10.0. The molecule has 0 atom stereocenters. The number of aromatic nitrogens is 3. The van der Waals surface area contributed by atoms with Crippen LogP contribution in [0, 0.1) is 0 Å². The van der Waals surface area contributed by atoms with Crippen molar-refractivity contribution < 1.29 is 0 Å². The number of rotatable bonds is 3. The van der Waals surface area contributed by atoms with Crippen molar-refractivity contribution in [2.75, 3.05) is 0 Å². The maximum absolute atomic E-state index is 4.75. The zero-order valence-corrected chi connectivity index (χ0v) is 12.2. The van der Waals surface area contributed by atoms with E-state index in [1.807, 2.05) is 10.7 Å². The smallest absolute Gasteiger partial charge is 0.157 e. The van der Waals surface area contributed by atoms with Crippen LogP contribution >= 0.6 is 0 Å². The van der Waals surface area contributed by atoms with Crippen molar-refractivity contribution in [3.63, 3.8) is 0 Å². The van der Waals surface area contributed by atoms with Gasteiger partial charge < -0.3 is 0 Å². The molecule has 0 amide bonds. The van der Waals surface area contributed by atoms with Crippen LogP contribution in [0.4, 0.5) is 0 Å². The van der Waals surface area contributed by atoms with E-state index < -0.39 is 0 Å². The predicted octanol–water partition coefficient (Wildman–Crippen LogP) is 4.10. The summed E-state index contributed by atoms with van der Waals surface area (Å²) in [6.45, 7) is 13.1. The third-order valence-electron chi connectivity index (χ3n) is 3.35. The first-order chi connectivity index (χ1) is 8.41. The molecule has 2 rings (SSSR count). The second-order valence-corrected chi connectivity index (χ2v) is 5.91. The van der Waals surface area contributed by atoms with Crippen molar-refractivity contribution in [2.45, 2.75) is 59.3 Å². The summed E-state index contributed by atoms with van der Waals surface area (Å²) < 4.78 is 2.04. The Balaban J connectivity index is 2.71. The molecule has 0 aliphatic heterocycles. The quantitative estimate of drug-likeness (QED) is 0.815. The average Bonchev–Trinajstić information content (AvgIpc) is 2.67. The summed E-state index contributed by atoms with van der Waals surface area (Å²) in [6.07, 6.45) is 1.91. The van der Waals surface area contributed by atoms with Gasteiger partial charge in [0.25, 0.3) is 0 Å². The molecule has 0 aromatic carbocycles. The highest BCUT2D eigenvalue weighted by Gasteiger charge is 2.17. The summed E-state index contributed by atoms with van der Waals surface area (Å²) in [5, 5.41) is 4.75. The molecule has 0 aliphatic carbocycles. The van der Waals surface area contributed by atoms with Crippen molar-refractivity contribution in [3.05, 3.63) is 29.2 Å². The van der Waals surface area contributed by atoms with Crippen molar-refractivity contribution >= 4 is 5.65 Å². The standard InChI is InChI=1S/C15H23N3/c1-9(2)12-7-14(11(5)6)18-15(12)16-8-13(17-18)10(3)4/h7-11H,1-6H3. The molecular weight excluding hydrogens is 222 g/mol. The Bertz CT molecular complexity index is 550. The van der Waals surface area contributed by atoms with Gasteiger partial charge in [-0.25, -0.2) is 9.50 Å². The molecule has 2 aromatic rings. The Morgan fingerprint density at radius 3 is 2.11 bits per heavy atom. The van der Waals surface area contributed by atoms with Crippen LogP contribution in [0.3, 0.4) is 0 Å². The fourth-order valence-corrected chi connectivity index (χ4v) is 2.13. The van der Waals surface area contributed by atoms with E-state index >= 15 is 0 Å². The van der Waals surface area contributed by atoms with E-state index in [0.29, 0.717) is 17.8 Å². The van der Waals surface area contributed by atoms with Crippen LogP contribution in [0.15, 0.2) is 12.3 Å². The first kappa shape index (κ1) is 13.1. The second-order valence-electron chi connectivity index (χ2n) is 5.91.